The summed E-state index contributed by atoms with van der Waals surface area (Å²) in [4.78, 5) is 21.9. The maximum Gasteiger partial charge on any atom is 0.256 e. The van der Waals surface area contributed by atoms with Crippen LogP contribution in [0, 0.1) is 11.6 Å². The van der Waals surface area contributed by atoms with Crippen molar-refractivity contribution in [3.8, 4) is 0 Å². The predicted molar refractivity (Wildman–Crippen MR) is 49.8 cm³/mol. The molecule has 1 amide bonds. The van der Waals surface area contributed by atoms with Crippen LogP contribution in [0.3, 0.4) is 0 Å². The maximum absolute atomic E-state index is 13.3. The molecule has 0 aliphatic heterocycles. The zero-order chi connectivity index (χ0) is 11.6. The van der Waals surface area contributed by atoms with Gasteiger partial charge in [-0.25, -0.2) is 8.78 Å². The van der Waals surface area contributed by atoms with Crippen molar-refractivity contribution in [2.45, 2.75) is 6.92 Å². The van der Waals surface area contributed by atoms with Crippen molar-refractivity contribution in [3.63, 3.8) is 0 Å². The van der Waals surface area contributed by atoms with Crippen molar-refractivity contribution in [1.29, 1.82) is 0 Å². The van der Waals surface area contributed by atoms with Gasteiger partial charge in [-0.2, -0.15) is 0 Å². The van der Waals surface area contributed by atoms with E-state index < -0.39 is 28.9 Å². The van der Waals surface area contributed by atoms with Gasteiger partial charge < -0.3 is 5.32 Å². The summed E-state index contributed by atoms with van der Waals surface area (Å²) in [6.07, 6.45) is 0. The number of hydrogen-bond acceptors (Lipinski definition) is 2. The fourth-order valence-corrected chi connectivity index (χ4v) is 1.12. The summed E-state index contributed by atoms with van der Waals surface area (Å²) >= 11 is 0. The van der Waals surface area contributed by atoms with Gasteiger partial charge >= 0.3 is 0 Å². The molecule has 1 rings (SSSR count). The van der Waals surface area contributed by atoms with Crippen LogP contribution in [0.15, 0.2) is 12.1 Å². The number of ketones is 1. The number of rotatable bonds is 2. The van der Waals surface area contributed by atoms with Gasteiger partial charge in [-0.15, -0.1) is 0 Å². The summed E-state index contributed by atoms with van der Waals surface area (Å²) in [7, 11) is 1.26. The second-order valence-electron chi connectivity index (χ2n) is 2.95. The van der Waals surface area contributed by atoms with Gasteiger partial charge in [0.25, 0.3) is 5.91 Å². The second-order valence-corrected chi connectivity index (χ2v) is 2.95. The van der Waals surface area contributed by atoms with E-state index in [1.165, 1.54) is 14.0 Å². The van der Waals surface area contributed by atoms with Crippen molar-refractivity contribution in [3.05, 3.63) is 34.9 Å². The summed E-state index contributed by atoms with van der Waals surface area (Å²) < 4.78 is 26.5. The first-order valence-corrected chi connectivity index (χ1v) is 4.19. The molecule has 0 fully saturated rings. The highest BCUT2D eigenvalue weighted by Gasteiger charge is 2.18. The Hall–Kier alpha value is -1.78. The molecule has 0 atom stereocenters. The number of amides is 1. The number of carbonyl (C=O) groups excluding carboxylic acids is 2. The van der Waals surface area contributed by atoms with E-state index >= 15 is 0 Å². The minimum atomic E-state index is -1.04. The zero-order valence-corrected chi connectivity index (χ0v) is 8.23. The van der Waals surface area contributed by atoms with Gasteiger partial charge in [0.2, 0.25) is 0 Å². The Morgan fingerprint density at radius 1 is 1.20 bits per heavy atom. The molecule has 0 saturated carbocycles. The Labute approximate surface area is 85.1 Å². The van der Waals surface area contributed by atoms with Crippen LogP contribution in [0.5, 0.6) is 0 Å². The molecule has 80 valence electrons. The lowest BCUT2D eigenvalue weighted by Crippen LogP contribution is -2.21. The first-order valence-electron chi connectivity index (χ1n) is 4.19. The average Bonchev–Trinajstić information content (AvgIpc) is 2.16. The normalized spacial score (nSPS) is 9.87. The SMILES string of the molecule is CNC(=O)c1c(F)cc(C(C)=O)cc1F. The minimum Gasteiger partial charge on any atom is -0.355 e. The van der Waals surface area contributed by atoms with Crippen LogP contribution >= 0.6 is 0 Å². The average molecular weight is 213 g/mol. The van der Waals surface area contributed by atoms with Gasteiger partial charge in [-0.05, 0) is 19.1 Å². The zero-order valence-electron chi connectivity index (χ0n) is 8.23. The lowest BCUT2D eigenvalue weighted by atomic mass is 10.1. The third kappa shape index (κ3) is 2.18. The third-order valence-corrected chi connectivity index (χ3v) is 1.90. The molecule has 0 saturated heterocycles. The van der Waals surface area contributed by atoms with Crippen LogP contribution in [0.2, 0.25) is 0 Å². The van der Waals surface area contributed by atoms with E-state index in [1.54, 1.807) is 0 Å². The quantitative estimate of drug-likeness (QED) is 0.757. The molecule has 1 aromatic carbocycles. The van der Waals surface area contributed by atoms with Crippen LogP contribution < -0.4 is 5.32 Å². The molecule has 15 heavy (non-hydrogen) atoms. The van der Waals surface area contributed by atoms with Gasteiger partial charge in [0, 0.05) is 12.6 Å². The Kier molecular flexibility index (Phi) is 3.14. The van der Waals surface area contributed by atoms with Gasteiger partial charge in [0.05, 0.1) is 0 Å². The monoisotopic (exact) mass is 213 g/mol. The first kappa shape index (κ1) is 11.3. The van der Waals surface area contributed by atoms with Crippen molar-refractivity contribution in [1.82, 2.24) is 5.32 Å². The highest BCUT2D eigenvalue weighted by molar-refractivity contribution is 5.98. The number of halogens is 2. The number of nitrogens with one attached hydrogen (secondary N) is 1. The van der Waals surface area contributed by atoms with Crippen LogP contribution in [-0.2, 0) is 0 Å². The molecule has 3 nitrogen and oxygen atoms in total. The van der Waals surface area contributed by atoms with E-state index in [4.69, 9.17) is 0 Å². The summed E-state index contributed by atoms with van der Waals surface area (Å²) in [5.41, 5.74) is -0.778. The summed E-state index contributed by atoms with van der Waals surface area (Å²) in [5.74, 6) is -3.41. The van der Waals surface area contributed by atoms with E-state index in [9.17, 15) is 18.4 Å². The van der Waals surface area contributed by atoms with Crippen LogP contribution in [0.25, 0.3) is 0 Å². The highest BCUT2D eigenvalue weighted by atomic mass is 19.1. The van der Waals surface area contributed by atoms with Gasteiger partial charge in [0.15, 0.2) is 5.78 Å². The van der Waals surface area contributed by atoms with Gasteiger partial charge in [-0.1, -0.05) is 0 Å². The van der Waals surface area contributed by atoms with E-state index in [0.29, 0.717) is 0 Å². The molecule has 0 unspecified atom stereocenters. The molecule has 0 aliphatic rings. The van der Waals surface area contributed by atoms with E-state index in [2.05, 4.69) is 5.32 Å². The third-order valence-electron chi connectivity index (χ3n) is 1.90. The molecule has 0 aliphatic carbocycles. The fourth-order valence-electron chi connectivity index (χ4n) is 1.12. The number of benzene rings is 1. The van der Waals surface area contributed by atoms with Gasteiger partial charge in [0.1, 0.15) is 17.2 Å². The van der Waals surface area contributed by atoms with E-state index in [0.717, 1.165) is 12.1 Å². The molecular formula is C10H9F2NO2. The standard InChI is InChI=1S/C10H9F2NO2/c1-5(14)6-3-7(11)9(8(12)4-6)10(15)13-2/h3-4H,1-2H3,(H,13,15). The second kappa shape index (κ2) is 4.16. The van der Waals surface area contributed by atoms with Crippen molar-refractivity contribution < 1.29 is 18.4 Å². The Bertz CT molecular complexity index is 406. The van der Waals surface area contributed by atoms with E-state index in [-0.39, 0.29) is 5.56 Å². The van der Waals surface area contributed by atoms with Crippen LogP contribution in [0.4, 0.5) is 8.78 Å². The van der Waals surface area contributed by atoms with Crippen molar-refractivity contribution >= 4 is 11.7 Å². The predicted octanol–water partition coefficient (Wildman–Crippen LogP) is 1.53. The molecule has 1 N–H and O–H groups in total. The molecule has 0 radical (unpaired) electrons. The lowest BCUT2D eigenvalue weighted by molar-refractivity contribution is 0.0951. The lowest BCUT2D eigenvalue weighted by Gasteiger charge is -2.04. The number of carbonyl (C=O) groups is 2. The number of Topliss-reactive ketones (excluding diaryl/α,β-unsaturated/α-hetero) is 1. The Morgan fingerprint density at radius 2 is 1.67 bits per heavy atom. The Morgan fingerprint density at radius 3 is 2.00 bits per heavy atom. The van der Waals surface area contributed by atoms with Crippen LogP contribution in [-0.4, -0.2) is 18.7 Å². The topological polar surface area (TPSA) is 46.2 Å². The molecule has 0 spiro atoms. The van der Waals surface area contributed by atoms with Gasteiger partial charge in [-0.3, -0.25) is 9.59 Å². The number of hydrogen-bond donors (Lipinski definition) is 1. The molecule has 0 aromatic heterocycles. The summed E-state index contributed by atoms with van der Waals surface area (Å²) in [6, 6.07) is 1.69. The molecule has 1 aromatic rings. The minimum absolute atomic E-state index is 0.0994. The summed E-state index contributed by atoms with van der Waals surface area (Å²) in [5, 5.41) is 2.11. The largest absolute Gasteiger partial charge is 0.355 e. The molecule has 5 heteroatoms. The van der Waals surface area contributed by atoms with Crippen molar-refractivity contribution in [2.75, 3.05) is 7.05 Å². The Balaban J connectivity index is 3.33. The highest BCUT2D eigenvalue weighted by Crippen LogP contribution is 2.15. The van der Waals surface area contributed by atoms with Crippen molar-refractivity contribution in [2.24, 2.45) is 0 Å². The first-order chi connectivity index (χ1) is 6.97. The van der Waals surface area contributed by atoms with Crippen LogP contribution in [0.1, 0.15) is 27.6 Å². The molecular weight excluding hydrogens is 204 g/mol. The molecule has 0 heterocycles. The smallest absolute Gasteiger partial charge is 0.256 e. The summed E-state index contributed by atoms with van der Waals surface area (Å²) in [6.45, 7) is 1.19. The fraction of sp³-hybridized carbons (Fsp3) is 0.200. The molecule has 0 bridgehead atoms. The van der Waals surface area contributed by atoms with E-state index in [1.807, 2.05) is 0 Å². The maximum atomic E-state index is 13.3.